The van der Waals surface area contributed by atoms with Gasteiger partial charge in [-0.3, -0.25) is 9.78 Å². The summed E-state index contributed by atoms with van der Waals surface area (Å²) >= 11 is 0. The lowest BCUT2D eigenvalue weighted by atomic mass is 9.94. The van der Waals surface area contributed by atoms with Crippen LogP contribution in [0.1, 0.15) is 50.0 Å². The molecule has 6 nitrogen and oxygen atoms in total. The first-order chi connectivity index (χ1) is 13.7. The molecule has 0 bridgehead atoms. The van der Waals surface area contributed by atoms with Gasteiger partial charge in [0.2, 0.25) is 5.91 Å². The summed E-state index contributed by atoms with van der Waals surface area (Å²) in [6.45, 7) is 7.73. The standard InChI is InChI=1S/C22H31N5O/c1-18(16-25-11-4-5-12-25)22(28)26-13-7-19(8-14-26)21-24-10-15-27(21)17-20-6-2-3-9-23-20/h2-3,6,9-10,15,18-19H,4-5,7-8,11-14,16-17H2,1H3. The molecule has 0 aliphatic carbocycles. The Kier molecular flexibility index (Phi) is 6.05. The second-order valence-electron chi connectivity index (χ2n) is 8.24. The summed E-state index contributed by atoms with van der Waals surface area (Å²) < 4.78 is 2.21. The topological polar surface area (TPSA) is 54.3 Å². The van der Waals surface area contributed by atoms with E-state index in [2.05, 4.69) is 31.3 Å². The molecule has 0 aromatic carbocycles. The highest BCUT2D eigenvalue weighted by atomic mass is 16.2. The van der Waals surface area contributed by atoms with Crippen LogP contribution in [0, 0.1) is 5.92 Å². The second kappa shape index (κ2) is 8.86. The molecule has 28 heavy (non-hydrogen) atoms. The van der Waals surface area contributed by atoms with E-state index in [1.54, 1.807) is 0 Å². The summed E-state index contributed by atoms with van der Waals surface area (Å²) in [6.07, 6.45) is 10.3. The maximum atomic E-state index is 12.9. The summed E-state index contributed by atoms with van der Waals surface area (Å²) in [5.41, 5.74) is 1.05. The van der Waals surface area contributed by atoms with E-state index in [4.69, 9.17) is 0 Å². The van der Waals surface area contributed by atoms with Crippen LogP contribution in [0.5, 0.6) is 0 Å². The molecule has 2 saturated heterocycles. The quantitative estimate of drug-likeness (QED) is 0.772. The number of pyridine rings is 1. The SMILES string of the molecule is CC(CN1CCCC1)C(=O)N1CCC(c2nccn2Cc2ccccn2)CC1. The molecule has 2 aromatic rings. The van der Waals surface area contributed by atoms with E-state index in [1.807, 2.05) is 36.8 Å². The molecule has 2 aliphatic rings. The Labute approximate surface area is 167 Å². The third-order valence-corrected chi connectivity index (χ3v) is 6.13. The van der Waals surface area contributed by atoms with E-state index < -0.39 is 0 Å². The Morgan fingerprint density at radius 2 is 1.89 bits per heavy atom. The zero-order valence-electron chi connectivity index (χ0n) is 16.8. The monoisotopic (exact) mass is 381 g/mol. The highest BCUT2D eigenvalue weighted by molar-refractivity contribution is 5.78. The Balaban J connectivity index is 1.32. The van der Waals surface area contributed by atoms with Crippen molar-refractivity contribution < 1.29 is 4.79 Å². The Bertz CT molecular complexity index is 760. The van der Waals surface area contributed by atoms with Crippen LogP contribution in [0.2, 0.25) is 0 Å². The van der Waals surface area contributed by atoms with Crippen LogP contribution in [0.15, 0.2) is 36.8 Å². The summed E-state index contributed by atoms with van der Waals surface area (Å²) in [4.78, 5) is 26.4. The van der Waals surface area contributed by atoms with Gasteiger partial charge in [0.05, 0.1) is 12.2 Å². The molecular formula is C22H31N5O. The predicted octanol–water partition coefficient (Wildman–Crippen LogP) is 2.76. The normalized spacial score (nSPS) is 19.8. The largest absolute Gasteiger partial charge is 0.342 e. The molecule has 150 valence electrons. The van der Waals surface area contributed by atoms with Crippen LogP contribution in [0.4, 0.5) is 0 Å². The highest BCUT2D eigenvalue weighted by Gasteiger charge is 2.29. The number of carbonyl (C=O) groups excluding carboxylic acids is 1. The number of aromatic nitrogens is 3. The van der Waals surface area contributed by atoms with Crippen molar-refractivity contribution in [1.29, 1.82) is 0 Å². The van der Waals surface area contributed by atoms with Gasteiger partial charge in [-0.05, 0) is 50.9 Å². The molecule has 2 aromatic heterocycles. The number of carbonyl (C=O) groups is 1. The number of likely N-dealkylation sites (tertiary alicyclic amines) is 2. The summed E-state index contributed by atoms with van der Waals surface area (Å²) in [7, 11) is 0. The van der Waals surface area contributed by atoms with E-state index in [0.29, 0.717) is 11.8 Å². The van der Waals surface area contributed by atoms with Gasteiger partial charge in [0.1, 0.15) is 5.82 Å². The van der Waals surface area contributed by atoms with Gasteiger partial charge in [0.15, 0.2) is 0 Å². The fraction of sp³-hybridized carbons (Fsp3) is 0.591. The number of piperidine rings is 1. The van der Waals surface area contributed by atoms with E-state index in [0.717, 1.165) is 63.6 Å². The van der Waals surface area contributed by atoms with Crippen molar-refractivity contribution in [3.8, 4) is 0 Å². The Morgan fingerprint density at radius 1 is 1.11 bits per heavy atom. The maximum Gasteiger partial charge on any atom is 0.226 e. The van der Waals surface area contributed by atoms with Crippen LogP contribution in [-0.2, 0) is 11.3 Å². The second-order valence-corrected chi connectivity index (χ2v) is 8.24. The van der Waals surface area contributed by atoms with Gasteiger partial charge < -0.3 is 14.4 Å². The first-order valence-electron chi connectivity index (χ1n) is 10.6. The molecule has 1 amide bonds. The summed E-state index contributed by atoms with van der Waals surface area (Å²) in [5.74, 6) is 1.96. The van der Waals surface area contributed by atoms with Gasteiger partial charge in [0, 0.05) is 50.1 Å². The number of amides is 1. The first kappa shape index (κ1) is 19.1. The molecule has 0 N–H and O–H groups in total. The van der Waals surface area contributed by atoms with Crippen LogP contribution in [0.25, 0.3) is 0 Å². The van der Waals surface area contributed by atoms with Gasteiger partial charge in [-0.25, -0.2) is 4.98 Å². The lowest BCUT2D eigenvalue weighted by molar-refractivity contribution is -0.136. The molecule has 0 saturated carbocycles. The van der Waals surface area contributed by atoms with Gasteiger partial charge in [-0.2, -0.15) is 0 Å². The van der Waals surface area contributed by atoms with E-state index in [1.165, 1.54) is 12.8 Å². The Hall–Kier alpha value is -2.21. The third-order valence-electron chi connectivity index (χ3n) is 6.13. The maximum absolute atomic E-state index is 12.9. The minimum atomic E-state index is 0.0980. The van der Waals surface area contributed by atoms with Gasteiger partial charge in [-0.15, -0.1) is 0 Å². The molecule has 1 unspecified atom stereocenters. The number of hydrogen-bond acceptors (Lipinski definition) is 4. The smallest absolute Gasteiger partial charge is 0.226 e. The van der Waals surface area contributed by atoms with Crippen molar-refractivity contribution >= 4 is 5.91 Å². The van der Waals surface area contributed by atoms with Gasteiger partial charge >= 0.3 is 0 Å². The molecule has 1 atom stereocenters. The molecule has 0 spiro atoms. The van der Waals surface area contributed by atoms with Crippen LogP contribution < -0.4 is 0 Å². The van der Waals surface area contributed by atoms with Crippen molar-refractivity contribution in [3.05, 3.63) is 48.3 Å². The number of imidazole rings is 1. The molecule has 0 radical (unpaired) electrons. The lowest BCUT2D eigenvalue weighted by Gasteiger charge is -2.34. The molecule has 4 rings (SSSR count). The van der Waals surface area contributed by atoms with Crippen LogP contribution in [-0.4, -0.2) is 63.0 Å². The van der Waals surface area contributed by atoms with Crippen LogP contribution >= 0.6 is 0 Å². The van der Waals surface area contributed by atoms with Crippen molar-refractivity contribution in [2.45, 2.75) is 45.1 Å². The lowest BCUT2D eigenvalue weighted by Crippen LogP contribution is -2.43. The molecule has 2 aliphatic heterocycles. The minimum absolute atomic E-state index is 0.0980. The van der Waals surface area contributed by atoms with Crippen molar-refractivity contribution in [2.75, 3.05) is 32.7 Å². The fourth-order valence-corrected chi connectivity index (χ4v) is 4.58. The molecule has 2 fully saturated rings. The zero-order valence-corrected chi connectivity index (χ0v) is 16.8. The van der Waals surface area contributed by atoms with E-state index >= 15 is 0 Å². The highest BCUT2D eigenvalue weighted by Crippen LogP contribution is 2.28. The first-order valence-corrected chi connectivity index (χ1v) is 10.6. The van der Waals surface area contributed by atoms with E-state index in [9.17, 15) is 4.79 Å². The van der Waals surface area contributed by atoms with E-state index in [-0.39, 0.29) is 5.92 Å². The number of rotatable bonds is 6. The molecular weight excluding hydrogens is 350 g/mol. The van der Waals surface area contributed by atoms with Gasteiger partial charge in [0.25, 0.3) is 0 Å². The number of hydrogen-bond donors (Lipinski definition) is 0. The third kappa shape index (κ3) is 4.43. The summed E-state index contributed by atoms with van der Waals surface area (Å²) in [5, 5.41) is 0. The average molecular weight is 382 g/mol. The van der Waals surface area contributed by atoms with Crippen molar-refractivity contribution in [3.63, 3.8) is 0 Å². The molecule has 6 heteroatoms. The summed E-state index contributed by atoms with van der Waals surface area (Å²) in [6, 6.07) is 6.01. The van der Waals surface area contributed by atoms with Gasteiger partial charge in [-0.1, -0.05) is 13.0 Å². The zero-order chi connectivity index (χ0) is 19.3. The minimum Gasteiger partial charge on any atom is -0.342 e. The Morgan fingerprint density at radius 3 is 2.61 bits per heavy atom. The average Bonchev–Trinajstić information content (AvgIpc) is 3.40. The fourth-order valence-electron chi connectivity index (χ4n) is 4.58. The van der Waals surface area contributed by atoms with Crippen molar-refractivity contribution in [2.24, 2.45) is 5.92 Å². The number of nitrogens with zero attached hydrogens (tertiary/aromatic N) is 5. The molecule has 4 heterocycles. The predicted molar refractivity (Wildman–Crippen MR) is 109 cm³/mol. The van der Waals surface area contributed by atoms with Crippen molar-refractivity contribution in [1.82, 2.24) is 24.3 Å². The van der Waals surface area contributed by atoms with Crippen LogP contribution in [0.3, 0.4) is 0 Å².